The molecule has 0 aromatic carbocycles. The molecule has 1 aromatic rings. The molecule has 3 N–H and O–H groups in total. The third kappa shape index (κ3) is 3.48. The van der Waals surface area contributed by atoms with Gasteiger partial charge in [-0.2, -0.15) is 0 Å². The molecular formula is C9H15N3OS2. The van der Waals surface area contributed by atoms with Gasteiger partial charge in [0, 0.05) is 17.3 Å². The van der Waals surface area contributed by atoms with Gasteiger partial charge in [0.05, 0.1) is 0 Å². The van der Waals surface area contributed by atoms with Crippen LogP contribution >= 0.6 is 23.1 Å². The quantitative estimate of drug-likeness (QED) is 0.736. The molecule has 0 spiro atoms. The number of likely N-dealkylation sites (N-methyl/N-ethyl adjacent to an activating group) is 1. The largest absolute Gasteiger partial charge is 0.368 e. The summed E-state index contributed by atoms with van der Waals surface area (Å²) in [6.07, 6.45) is 1.75. The zero-order valence-electron chi connectivity index (χ0n) is 8.82. The van der Waals surface area contributed by atoms with Crippen molar-refractivity contribution in [2.24, 2.45) is 5.73 Å². The van der Waals surface area contributed by atoms with Crippen LogP contribution in [0.15, 0.2) is 15.9 Å². The van der Waals surface area contributed by atoms with Crippen LogP contribution in [0.2, 0.25) is 0 Å². The van der Waals surface area contributed by atoms with Crippen molar-refractivity contribution in [2.75, 3.05) is 12.3 Å². The van der Waals surface area contributed by atoms with Crippen LogP contribution in [0.25, 0.3) is 0 Å². The lowest BCUT2D eigenvalue weighted by Gasteiger charge is -2.25. The Morgan fingerprint density at radius 2 is 2.53 bits per heavy atom. The van der Waals surface area contributed by atoms with Gasteiger partial charge in [-0.25, -0.2) is 4.98 Å². The lowest BCUT2D eigenvalue weighted by molar-refractivity contribution is -0.122. The molecule has 1 aromatic heterocycles. The second-order valence-electron chi connectivity index (χ2n) is 3.31. The SMILES string of the molecule is CCNC(C)(CSc1nccs1)C(N)=O. The minimum absolute atomic E-state index is 0.326. The summed E-state index contributed by atoms with van der Waals surface area (Å²) in [5, 5.41) is 5.02. The molecule has 0 aliphatic heterocycles. The highest BCUT2D eigenvalue weighted by Crippen LogP contribution is 2.24. The van der Waals surface area contributed by atoms with Gasteiger partial charge in [-0.3, -0.25) is 4.79 Å². The van der Waals surface area contributed by atoms with Crippen molar-refractivity contribution in [3.8, 4) is 0 Å². The molecule has 6 heteroatoms. The van der Waals surface area contributed by atoms with E-state index in [-0.39, 0.29) is 5.91 Å². The minimum atomic E-state index is -0.662. The van der Waals surface area contributed by atoms with Gasteiger partial charge < -0.3 is 11.1 Å². The first-order valence-electron chi connectivity index (χ1n) is 4.65. The molecule has 1 atom stereocenters. The second kappa shape index (κ2) is 5.48. The number of primary amides is 1. The number of nitrogens with one attached hydrogen (secondary N) is 1. The molecule has 1 heterocycles. The normalized spacial score (nSPS) is 14.8. The van der Waals surface area contributed by atoms with Crippen LogP contribution < -0.4 is 11.1 Å². The van der Waals surface area contributed by atoms with Crippen molar-refractivity contribution in [3.05, 3.63) is 11.6 Å². The number of hydrogen-bond acceptors (Lipinski definition) is 5. The van der Waals surface area contributed by atoms with Crippen LogP contribution in [-0.4, -0.2) is 28.7 Å². The summed E-state index contributed by atoms with van der Waals surface area (Å²) in [6, 6.07) is 0. The lowest BCUT2D eigenvalue weighted by atomic mass is 10.1. The van der Waals surface area contributed by atoms with Gasteiger partial charge in [0.1, 0.15) is 9.88 Å². The van der Waals surface area contributed by atoms with Crippen molar-refractivity contribution in [1.29, 1.82) is 0 Å². The highest BCUT2D eigenvalue weighted by atomic mass is 32.2. The number of nitrogens with zero attached hydrogens (tertiary/aromatic N) is 1. The average Bonchev–Trinajstić information content (AvgIpc) is 2.67. The molecule has 0 bridgehead atoms. The Morgan fingerprint density at radius 3 is 3.00 bits per heavy atom. The van der Waals surface area contributed by atoms with Gasteiger partial charge >= 0.3 is 0 Å². The Bertz CT molecular complexity index is 315. The lowest BCUT2D eigenvalue weighted by Crippen LogP contribution is -2.55. The van der Waals surface area contributed by atoms with Gasteiger partial charge in [-0.1, -0.05) is 18.7 Å². The van der Waals surface area contributed by atoms with E-state index in [9.17, 15) is 4.79 Å². The number of amides is 1. The zero-order valence-corrected chi connectivity index (χ0v) is 10.5. The summed E-state index contributed by atoms with van der Waals surface area (Å²) in [4.78, 5) is 15.4. The molecule has 0 aliphatic carbocycles. The summed E-state index contributed by atoms with van der Waals surface area (Å²) < 4.78 is 0.959. The topological polar surface area (TPSA) is 68.0 Å². The van der Waals surface area contributed by atoms with Gasteiger partial charge in [0.2, 0.25) is 5.91 Å². The van der Waals surface area contributed by atoms with Gasteiger partial charge in [-0.15, -0.1) is 11.3 Å². The maximum absolute atomic E-state index is 11.3. The molecular weight excluding hydrogens is 230 g/mol. The van der Waals surface area contributed by atoms with Crippen molar-refractivity contribution in [3.63, 3.8) is 0 Å². The Balaban J connectivity index is 2.56. The van der Waals surface area contributed by atoms with E-state index in [1.807, 2.05) is 19.2 Å². The van der Waals surface area contributed by atoms with E-state index in [0.29, 0.717) is 5.75 Å². The van der Waals surface area contributed by atoms with E-state index in [4.69, 9.17) is 5.73 Å². The van der Waals surface area contributed by atoms with Gasteiger partial charge in [-0.05, 0) is 13.5 Å². The molecule has 0 saturated carbocycles. The second-order valence-corrected chi connectivity index (χ2v) is 5.43. The fourth-order valence-electron chi connectivity index (χ4n) is 1.09. The fraction of sp³-hybridized carbons (Fsp3) is 0.556. The van der Waals surface area contributed by atoms with E-state index < -0.39 is 5.54 Å². The third-order valence-electron chi connectivity index (χ3n) is 2.00. The van der Waals surface area contributed by atoms with E-state index >= 15 is 0 Å². The standard InChI is InChI=1S/C9H15N3OS2/c1-3-12-9(2,7(10)13)6-15-8-11-4-5-14-8/h4-5,12H,3,6H2,1-2H3,(H2,10,13). The smallest absolute Gasteiger partial charge is 0.238 e. The van der Waals surface area contributed by atoms with Crippen LogP contribution in [0, 0.1) is 0 Å². The maximum Gasteiger partial charge on any atom is 0.238 e. The number of nitrogens with two attached hydrogens (primary N) is 1. The molecule has 1 unspecified atom stereocenters. The summed E-state index contributed by atoms with van der Waals surface area (Å²) in [5.74, 6) is 0.275. The molecule has 4 nitrogen and oxygen atoms in total. The number of carbonyl (C=O) groups excluding carboxylic acids is 1. The van der Waals surface area contributed by atoms with Gasteiger partial charge in [0.15, 0.2) is 0 Å². The molecule has 84 valence electrons. The molecule has 0 radical (unpaired) electrons. The van der Waals surface area contributed by atoms with E-state index in [0.717, 1.165) is 10.9 Å². The highest BCUT2D eigenvalue weighted by molar-refractivity contribution is 8.01. The molecule has 0 aliphatic rings. The van der Waals surface area contributed by atoms with Crippen molar-refractivity contribution < 1.29 is 4.79 Å². The summed E-state index contributed by atoms with van der Waals surface area (Å²) in [7, 11) is 0. The Hall–Kier alpha value is -0.590. The highest BCUT2D eigenvalue weighted by Gasteiger charge is 2.30. The Morgan fingerprint density at radius 1 is 1.80 bits per heavy atom. The maximum atomic E-state index is 11.3. The number of aromatic nitrogens is 1. The van der Waals surface area contributed by atoms with Crippen LogP contribution in [-0.2, 0) is 4.79 Å². The monoisotopic (exact) mass is 245 g/mol. The van der Waals surface area contributed by atoms with Crippen LogP contribution in [0.1, 0.15) is 13.8 Å². The summed E-state index contributed by atoms with van der Waals surface area (Å²) in [6.45, 7) is 4.49. The first-order chi connectivity index (χ1) is 7.08. The number of rotatable bonds is 6. The molecule has 1 rings (SSSR count). The number of thiazole rings is 1. The predicted molar refractivity (Wildman–Crippen MR) is 64.1 cm³/mol. The first-order valence-corrected chi connectivity index (χ1v) is 6.52. The number of hydrogen-bond donors (Lipinski definition) is 2. The molecule has 0 saturated heterocycles. The number of thioether (sulfide) groups is 1. The van der Waals surface area contributed by atoms with E-state index in [2.05, 4.69) is 10.3 Å². The predicted octanol–water partition coefficient (Wildman–Crippen LogP) is 1.09. The van der Waals surface area contributed by atoms with Crippen molar-refractivity contribution >= 4 is 29.0 Å². The minimum Gasteiger partial charge on any atom is -0.368 e. The first kappa shape index (κ1) is 12.5. The van der Waals surface area contributed by atoms with Crippen LogP contribution in [0.5, 0.6) is 0 Å². The van der Waals surface area contributed by atoms with Crippen molar-refractivity contribution in [1.82, 2.24) is 10.3 Å². The van der Waals surface area contributed by atoms with Gasteiger partial charge in [0.25, 0.3) is 0 Å². The number of carbonyl (C=O) groups is 1. The molecule has 0 fully saturated rings. The fourth-order valence-corrected chi connectivity index (χ4v) is 2.85. The zero-order chi connectivity index (χ0) is 11.3. The molecule has 15 heavy (non-hydrogen) atoms. The Kier molecular flexibility index (Phi) is 4.56. The van der Waals surface area contributed by atoms with E-state index in [1.54, 1.807) is 29.3 Å². The van der Waals surface area contributed by atoms with Crippen LogP contribution in [0.4, 0.5) is 0 Å². The molecule has 1 amide bonds. The summed E-state index contributed by atoms with van der Waals surface area (Å²) >= 11 is 3.11. The van der Waals surface area contributed by atoms with Crippen molar-refractivity contribution in [2.45, 2.75) is 23.7 Å². The Labute approximate surface area is 97.7 Å². The third-order valence-corrected chi connectivity index (χ3v) is 4.29. The van der Waals surface area contributed by atoms with E-state index in [1.165, 1.54) is 0 Å². The van der Waals surface area contributed by atoms with Crippen LogP contribution in [0.3, 0.4) is 0 Å². The summed E-state index contributed by atoms with van der Waals surface area (Å²) in [5.41, 5.74) is 4.70. The average molecular weight is 245 g/mol.